The molecule has 1 aliphatic rings. The van der Waals surface area contributed by atoms with Crippen LogP contribution in [0.2, 0.25) is 0 Å². The molecule has 0 bridgehead atoms. The first kappa shape index (κ1) is 8.38. The second kappa shape index (κ2) is 3.26. The molecule has 0 saturated carbocycles. The maximum absolute atomic E-state index is 5.93. The van der Waals surface area contributed by atoms with Gasteiger partial charge in [-0.1, -0.05) is 11.6 Å². The fourth-order valence-electron chi connectivity index (χ4n) is 1.24. The summed E-state index contributed by atoms with van der Waals surface area (Å²) in [7, 11) is 1.95. The number of nitrogens with zero attached hydrogens (tertiary/aromatic N) is 3. The predicted molar refractivity (Wildman–Crippen MR) is 53.3 cm³/mol. The molecule has 1 aliphatic heterocycles. The van der Waals surface area contributed by atoms with Crippen molar-refractivity contribution in [2.45, 2.75) is 0 Å². The smallest absolute Gasteiger partial charge is 0.122 e. The highest BCUT2D eigenvalue weighted by Gasteiger charge is 2.16. The van der Waals surface area contributed by atoms with E-state index in [4.69, 9.17) is 11.6 Å². The molecule has 4 heteroatoms. The molecule has 0 aromatic carbocycles. The second-order valence-corrected chi connectivity index (χ2v) is 3.36. The molecule has 68 valence electrons. The fraction of sp³-hybridized carbons (Fsp3) is 0.222. The first-order valence-electron chi connectivity index (χ1n) is 4.02. The van der Waals surface area contributed by atoms with Crippen LogP contribution in [0, 0.1) is 0 Å². The minimum absolute atomic E-state index is 0.754. The Hall–Kier alpha value is -1.22. The van der Waals surface area contributed by atoms with Crippen LogP contribution in [0.3, 0.4) is 0 Å². The van der Waals surface area contributed by atoms with Gasteiger partial charge in [-0.05, 0) is 12.1 Å². The van der Waals surface area contributed by atoms with Crippen molar-refractivity contribution in [3.8, 4) is 0 Å². The van der Waals surface area contributed by atoms with Gasteiger partial charge < -0.3 is 9.80 Å². The average Bonchev–Trinajstić information content (AvgIpc) is 2.49. The number of pyridine rings is 1. The van der Waals surface area contributed by atoms with Gasteiger partial charge >= 0.3 is 0 Å². The Morgan fingerprint density at radius 3 is 2.92 bits per heavy atom. The summed E-state index contributed by atoms with van der Waals surface area (Å²) in [6.45, 7) is 0.782. The summed E-state index contributed by atoms with van der Waals surface area (Å²) in [6, 6.07) is 3.92. The second-order valence-electron chi connectivity index (χ2n) is 2.97. The molecular formula is C9H10ClN3. The molecule has 0 unspecified atom stereocenters. The van der Waals surface area contributed by atoms with E-state index >= 15 is 0 Å². The van der Waals surface area contributed by atoms with Crippen molar-refractivity contribution < 1.29 is 0 Å². The summed E-state index contributed by atoms with van der Waals surface area (Å²) in [5, 5.41) is 0.754. The van der Waals surface area contributed by atoms with Gasteiger partial charge in [0.1, 0.15) is 5.16 Å². The molecule has 0 fully saturated rings. The fourth-order valence-corrected chi connectivity index (χ4v) is 1.42. The lowest BCUT2D eigenvalue weighted by Crippen LogP contribution is -2.22. The monoisotopic (exact) mass is 195 g/mol. The van der Waals surface area contributed by atoms with Crippen molar-refractivity contribution >= 4 is 17.3 Å². The number of rotatable bonds is 1. The number of anilines is 1. The lowest BCUT2D eigenvalue weighted by Gasteiger charge is -2.17. The Kier molecular flexibility index (Phi) is 2.10. The molecule has 0 aliphatic carbocycles. The quantitative estimate of drug-likeness (QED) is 0.638. The zero-order valence-corrected chi connectivity index (χ0v) is 8.07. The van der Waals surface area contributed by atoms with Crippen LogP contribution in [0.25, 0.3) is 0 Å². The van der Waals surface area contributed by atoms with Crippen molar-refractivity contribution in [3.63, 3.8) is 0 Å². The first-order chi connectivity index (χ1) is 6.27. The lowest BCUT2D eigenvalue weighted by atomic mass is 10.4. The molecule has 0 N–H and O–H groups in total. The largest absolute Gasteiger partial charge is 0.346 e. The third kappa shape index (κ3) is 1.60. The summed E-state index contributed by atoms with van der Waals surface area (Å²) < 4.78 is 0. The molecular weight excluding hydrogens is 186 g/mol. The standard InChI is InChI=1S/C9H10ClN3/c1-12-7-13(6-9(12)10)8-3-2-4-11-5-8/h2-6H,7H2,1H3. The molecule has 1 aromatic rings. The number of aromatic nitrogens is 1. The van der Waals surface area contributed by atoms with Crippen LogP contribution in [0.15, 0.2) is 35.9 Å². The summed E-state index contributed by atoms with van der Waals surface area (Å²) in [5.41, 5.74) is 1.06. The van der Waals surface area contributed by atoms with Crippen LogP contribution in [-0.2, 0) is 0 Å². The third-order valence-electron chi connectivity index (χ3n) is 1.97. The molecule has 1 aromatic heterocycles. The Balaban J connectivity index is 2.22. The third-order valence-corrected chi connectivity index (χ3v) is 2.36. The van der Waals surface area contributed by atoms with E-state index in [0.717, 1.165) is 17.5 Å². The number of hydrogen-bond acceptors (Lipinski definition) is 3. The minimum Gasteiger partial charge on any atom is -0.346 e. The zero-order valence-electron chi connectivity index (χ0n) is 7.31. The SMILES string of the molecule is CN1CN(c2cccnc2)C=C1Cl. The van der Waals surface area contributed by atoms with Crippen molar-refractivity contribution in [2.24, 2.45) is 0 Å². The van der Waals surface area contributed by atoms with E-state index in [0.29, 0.717) is 0 Å². The van der Waals surface area contributed by atoms with Crippen LogP contribution in [0.5, 0.6) is 0 Å². The van der Waals surface area contributed by atoms with Crippen LogP contribution in [-0.4, -0.2) is 23.6 Å². The Labute approximate surface area is 82.2 Å². The highest BCUT2D eigenvalue weighted by atomic mass is 35.5. The summed E-state index contributed by atoms with van der Waals surface area (Å²) in [6.07, 6.45) is 5.48. The minimum atomic E-state index is 0.754. The summed E-state index contributed by atoms with van der Waals surface area (Å²) in [4.78, 5) is 8.06. The molecule has 0 radical (unpaired) electrons. The summed E-state index contributed by atoms with van der Waals surface area (Å²) >= 11 is 5.93. The lowest BCUT2D eigenvalue weighted by molar-refractivity contribution is 0.483. The van der Waals surface area contributed by atoms with E-state index in [9.17, 15) is 0 Å². The van der Waals surface area contributed by atoms with Crippen molar-refractivity contribution in [2.75, 3.05) is 18.6 Å². The summed E-state index contributed by atoms with van der Waals surface area (Å²) in [5.74, 6) is 0. The van der Waals surface area contributed by atoms with Gasteiger partial charge in [-0.25, -0.2) is 0 Å². The molecule has 2 heterocycles. The van der Waals surface area contributed by atoms with Gasteiger partial charge in [0.05, 0.1) is 18.6 Å². The number of halogens is 1. The van der Waals surface area contributed by atoms with Gasteiger partial charge in [0.25, 0.3) is 0 Å². The van der Waals surface area contributed by atoms with Gasteiger partial charge in [-0.2, -0.15) is 0 Å². The topological polar surface area (TPSA) is 19.4 Å². The van der Waals surface area contributed by atoms with Crippen molar-refractivity contribution in [1.29, 1.82) is 0 Å². The molecule has 0 atom stereocenters. The van der Waals surface area contributed by atoms with E-state index < -0.39 is 0 Å². The Bertz CT molecular complexity index is 323. The van der Waals surface area contributed by atoms with E-state index in [2.05, 4.69) is 9.88 Å². The van der Waals surface area contributed by atoms with Gasteiger partial charge in [0.15, 0.2) is 0 Å². The van der Waals surface area contributed by atoms with Crippen LogP contribution in [0.1, 0.15) is 0 Å². The number of hydrogen-bond donors (Lipinski definition) is 0. The van der Waals surface area contributed by atoms with Gasteiger partial charge in [-0.15, -0.1) is 0 Å². The molecule has 0 spiro atoms. The van der Waals surface area contributed by atoms with Gasteiger partial charge in [-0.3, -0.25) is 4.98 Å². The van der Waals surface area contributed by atoms with Crippen molar-refractivity contribution in [1.82, 2.24) is 9.88 Å². The highest BCUT2D eigenvalue weighted by Crippen LogP contribution is 2.22. The molecule has 0 saturated heterocycles. The first-order valence-corrected chi connectivity index (χ1v) is 4.40. The normalized spacial score (nSPS) is 16.3. The van der Waals surface area contributed by atoms with Crippen molar-refractivity contribution in [3.05, 3.63) is 35.9 Å². The Morgan fingerprint density at radius 1 is 1.54 bits per heavy atom. The molecule has 2 rings (SSSR count). The van der Waals surface area contributed by atoms with Gasteiger partial charge in [0, 0.05) is 19.4 Å². The maximum atomic E-state index is 5.93. The molecule has 3 nitrogen and oxygen atoms in total. The van der Waals surface area contributed by atoms with Gasteiger partial charge in [0.2, 0.25) is 0 Å². The van der Waals surface area contributed by atoms with Crippen LogP contribution in [0.4, 0.5) is 5.69 Å². The molecule has 13 heavy (non-hydrogen) atoms. The van der Waals surface area contributed by atoms with Crippen LogP contribution >= 0.6 is 11.6 Å². The van der Waals surface area contributed by atoms with E-state index in [1.807, 2.05) is 36.5 Å². The predicted octanol–water partition coefficient (Wildman–Crippen LogP) is 1.83. The van der Waals surface area contributed by atoms with E-state index in [1.54, 1.807) is 6.20 Å². The van der Waals surface area contributed by atoms with Crippen LogP contribution < -0.4 is 4.90 Å². The zero-order chi connectivity index (χ0) is 9.26. The Morgan fingerprint density at radius 2 is 2.38 bits per heavy atom. The van der Waals surface area contributed by atoms with E-state index in [1.165, 1.54) is 0 Å². The molecule has 0 amide bonds. The van der Waals surface area contributed by atoms with E-state index in [-0.39, 0.29) is 0 Å². The average molecular weight is 196 g/mol. The highest BCUT2D eigenvalue weighted by molar-refractivity contribution is 6.29. The maximum Gasteiger partial charge on any atom is 0.122 e.